The maximum absolute atomic E-state index is 13.0. The van der Waals surface area contributed by atoms with Gasteiger partial charge in [-0.15, -0.1) is 0 Å². The highest BCUT2D eigenvalue weighted by molar-refractivity contribution is 6.07. The van der Waals surface area contributed by atoms with Gasteiger partial charge < -0.3 is 5.32 Å². The van der Waals surface area contributed by atoms with Crippen molar-refractivity contribution in [3.8, 4) is 11.3 Å². The first-order valence-corrected chi connectivity index (χ1v) is 9.41. The van der Waals surface area contributed by atoms with E-state index in [-0.39, 0.29) is 5.91 Å². The lowest BCUT2D eigenvalue weighted by atomic mass is 10.0. The number of rotatable bonds is 5. The summed E-state index contributed by atoms with van der Waals surface area (Å²) in [6.07, 6.45) is 4.49. The van der Waals surface area contributed by atoms with Crippen LogP contribution < -0.4 is 5.32 Å². The molecular weight excluding hydrogens is 346 g/mol. The summed E-state index contributed by atoms with van der Waals surface area (Å²) in [5, 5.41) is 3.88. The Morgan fingerprint density at radius 3 is 2.50 bits per heavy atom. The van der Waals surface area contributed by atoms with Crippen LogP contribution in [0.5, 0.6) is 0 Å². The number of nitrogens with zero attached hydrogens (tertiary/aromatic N) is 2. The monoisotopic (exact) mass is 367 g/mol. The van der Waals surface area contributed by atoms with E-state index in [0.717, 1.165) is 34.1 Å². The molecule has 0 aliphatic heterocycles. The van der Waals surface area contributed by atoms with Gasteiger partial charge >= 0.3 is 0 Å². The summed E-state index contributed by atoms with van der Waals surface area (Å²) in [7, 11) is 0. The number of pyridine rings is 2. The molecule has 0 fully saturated rings. The number of carbonyl (C=O) groups is 1. The van der Waals surface area contributed by atoms with Crippen LogP contribution in [-0.4, -0.2) is 15.9 Å². The topological polar surface area (TPSA) is 54.9 Å². The summed E-state index contributed by atoms with van der Waals surface area (Å²) in [5.74, 6) is -0.108. The zero-order valence-corrected chi connectivity index (χ0v) is 15.7. The SMILES string of the molecule is CCc1ccc(CNC(=O)c2cc(-c3cccnc3)nc3ccccc23)cc1. The third-order valence-corrected chi connectivity index (χ3v) is 4.80. The van der Waals surface area contributed by atoms with Crippen molar-refractivity contribution in [2.24, 2.45) is 0 Å². The molecule has 0 aliphatic carbocycles. The fourth-order valence-corrected chi connectivity index (χ4v) is 3.20. The van der Waals surface area contributed by atoms with Crippen molar-refractivity contribution in [2.75, 3.05) is 0 Å². The van der Waals surface area contributed by atoms with Gasteiger partial charge in [0.2, 0.25) is 0 Å². The van der Waals surface area contributed by atoms with E-state index in [0.29, 0.717) is 12.1 Å². The molecule has 1 amide bonds. The predicted molar refractivity (Wildman–Crippen MR) is 112 cm³/mol. The Morgan fingerprint density at radius 1 is 0.964 bits per heavy atom. The van der Waals surface area contributed by atoms with E-state index >= 15 is 0 Å². The highest BCUT2D eigenvalue weighted by atomic mass is 16.1. The van der Waals surface area contributed by atoms with Gasteiger partial charge in [0, 0.05) is 29.9 Å². The number of carbonyl (C=O) groups excluding carboxylic acids is 1. The highest BCUT2D eigenvalue weighted by Crippen LogP contribution is 2.24. The van der Waals surface area contributed by atoms with Crippen molar-refractivity contribution in [3.05, 3.63) is 95.8 Å². The van der Waals surface area contributed by atoms with E-state index in [1.165, 1.54) is 5.56 Å². The first-order valence-electron chi connectivity index (χ1n) is 9.41. The van der Waals surface area contributed by atoms with Gasteiger partial charge in [0.1, 0.15) is 0 Å². The molecule has 0 unspecified atom stereocenters. The van der Waals surface area contributed by atoms with Gasteiger partial charge in [-0.05, 0) is 41.8 Å². The molecule has 4 aromatic rings. The van der Waals surface area contributed by atoms with Gasteiger partial charge in [-0.3, -0.25) is 9.78 Å². The summed E-state index contributed by atoms with van der Waals surface area (Å²) in [6.45, 7) is 2.62. The molecule has 4 nitrogen and oxygen atoms in total. The number of nitrogens with one attached hydrogen (secondary N) is 1. The number of amides is 1. The number of aromatic nitrogens is 2. The summed E-state index contributed by atoms with van der Waals surface area (Å²) < 4.78 is 0. The molecule has 4 rings (SSSR count). The number of para-hydroxylation sites is 1. The molecule has 0 spiro atoms. The van der Waals surface area contributed by atoms with E-state index in [4.69, 9.17) is 4.98 Å². The van der Waals surface area contributed by atoms with Crippen molar-refractivity contribution >= 4 is 16.8 Å². The fraction of sp³-hybridized carbons (Fsp3) is 0.125. The number of hydrogen-bond donors (Lipinski definition) is 1. The van der Waals surface area contributed by atoms with Crippen LogP contribution in [0.2, 0.25) is 0 Å². The Morgan fingerprint density at radius 2 is 1.75 bits per heavy atom. The zero-order chi connectivity index (χ0) is 19.3. The van der Waals surface area contributed by atoms with Crippen LogP contribution in [0.3, 0.4) is 0 Å². The van der Waals surface area contributed by atoms with Crippen molar-refractivity contribution in [1.82, 2.24) is 15.3 Å². The second-order valence-corrected chi connectivity index (χ2v) is 6.67. The second-order valence-electron chi connectivity index (χ2n) is 6.67. The highest BCUT2D eigenvalue weighted by Gasteiger charge is 2.14. The summed E-state index contributed by atoms with van der Waals surface area (Å²) in [6, 6.07) is 21.7. The molecule has 0 saturated heterocycles. The molecule has 2 heterocycles. The van der Waals surface area contributed by atoms with E-state index in [1.54, 1.807) is 12.4 Å². The van der Waals surface area contributed by atoms with Crippen LogP contribution in [0.15, 0.2) is 79.1 Å². The summed E-state index contributed by atoms with van der Waals surface area (Å²) in [4.78, 5) is 21.9. The van der Waals surface area contributed by atoms with Crippen LogP contribution in [0, 0.1) is 0 Å². The number of fused-ring (bicyclic) bond motifs is 1. The van der Waals surface area contributed by atoms with Crippen molar-refractivity contribution < 1.29 is 4.79 Å². The molecule has 4 heteroatoms. The van der Waals surface area contributed by atoms with Gasteiger partial charge in [-0.2, -0.15) is 0 Å². The molecule has 28 heavy (non-hydrogen) atoms. The molecule has 0 saturated carbocycles. The molecule has 0 radical (unpaired) electrons. The Labute approximate surface area is 164 Å². The first kappa shape index (κ1) is 17.9. The average Bonchev–Trinajstić information content (AvgIpc) is 2.77. The van der Waals surface area contributed by atoms with Crippen molar-refractivity contribution in [1.29, 1.82) is 0 Å². The maximum atomic E-state index is 13.0. The van der Waals surface area contributed by atoms with Gasteiger partial charge in [0.15, 0.2) is 0 Å². The molecule has 0 bridgehead atoms. The number of aryl methyl sites for hydroxylation is 1. The summed E-state index contributed by atoms with van der Waals surface area (Å²) in [5.41, 5.74) is 5.41. The van der Waals surface area contributed by atoms with Crippen LogP contribution in [0.25, 0.3) is 22.2 Å². The molecular formula is C24H21N3O. The largest absolute Gasteiger partial charge is 0.348 e. The standard InChI is InChI=1S/C24H21N3O/c1-2-17-9-11-18(12-10-17)15-26-24(28)21-14-23(19-6-5-13-25-16-19)27-22-8-4-3-7-20(21)22/h3-14,16H,2,15H2,1H3,(H,26,28). The Hall–Kier alpha value is -3.53. The fourth-order valence-electron chi connectivity index (χ4n) is 3.20. The number of benzene rings is 2. The Kier molecular flexibility index (Phi) is 5.11. The lowest BCUT2D eigenvalue weighted by Crippen LogP contribution is -2.23. The lowest BCUT2D eigenvalue weighted by molar-refractivity contribution is 0.0952. The van der Waals surface area contributed by atoms with E-state index in [1.807, 2.05) is 42.5 Å². The normalized spacial score (nSPS) is 10.8. The minimum atomic E-state index is -0.108. The second kappa shape index (κ2) is 8.01. The van der Waals surface area contributed by atoms with E-state index in [9.17, 15) is 4.79 Å². The smallest absolute Gasteiger partial charge is 0.252 e. The van der Waals surface area contributed by atoms with Gasteiger partial charge in [0.05, 0.1) is 16.8 Å². The van der Waals surface area contributed by atoms with Crippen LogP contribution >= 0.6 is 0 Å². The average molecular weight is 367 g/mol. The molecule has 2 aromatic heterocycles. The van der Waals surface area contributed by atoms with Crippen LogP contribution in [0.1, 0.15) is 28.4 Å². The molecule has 138 valence electrons. The van der Waals surface area contributed by atoms with E-state index < -0.39 is 0 Å². The molecule has 0 atom stereocenters. The third-order valence-electron chi connectivity index (χ3n) is 4.80. The number of hydrogen-bond acceptors (Lipinski definition) is 3. The minimum Gasteiger partial charge on any atom is -0.348 e. The van der Waals surface area contributed by atoms with Crippen LogP contribution in [-0.2, 0) is 13.0 Å². The Bertz CT molecular complexity index is 1110. The minimum absolute atomic E-state index is 0.108. The lowest BCUT2D eigenvalue weighted by Gasteiger charge is -2.11. The van der Waals surface area contributed by atoms with E-state index in [2.05, 4.69) is 41.5 Å². The van der Waals surface area contributed by atoms with Gasteiger partial charge in [-0.25, -0.2) is 4.98 Å². The Balaban J connectivity index is 1.65. The van der Waals surface area contributed by atoms with Crippen LogP contribution in [0.4, 0.5) is 0 Å². The van der Waals surface area contributed by atoms with Gasteiger partial charge in [0.25, 0.3) is 5.91 Å². The predicted octanol–water partition coefficient (Wildman–Crippen LogP) is 4.79. The molecule has 1 N–H and O–H groups in total. The molecule has 0 aliphatic rings. The van der Waals surface area contributed by atoms with Crippen molar-refractivity contribution in [3.63, 3.8) is 0 Å². The third kappa shape index (κ3) is 3.76. The quantitative estimate of drug-likeness (QED) is 0.552. The zero-order valence-electron chi connectivity index (χ0n) is 15.7. The summed E-state index contributed by atoms with van der Waals surface area (Å²) >= 11 is 0. The van der Waals surface area contributed by atoms with Crippen molar-refractivity contribution in [2.45, 2.75) is 19.9 Å². The molecule has 2 aromatic carbocycles. The van der Waals surface area contributed by atoms with Gasteiger partial charge in [-0.1, -0.05) is 49.4 Å². The first-order chi connectivity index (χ1) is 13.7. The maximum Gasteiger partial charge on any atom is 0.252 e.